The maximum Gasteiger partial charge on any atom is 0.461 e. The van der Waals surface area contributed by atoms with Crippen LogP contribution >= 0.6 is 11.6 Å². The zero-order valence-electron chi connectivity index (χ0n) is 20.4. The summed E-state index contributed by atoms with van der Waals surface area (Å²) in [7, 11) is 0. The predicted octanol–water partition coefficient (Wildman–Crippen LogP) is 5.31. The summed E-state index contributed by atoms with van der Waals surface area (Å²) in [5.41, 5.74) is 2.28. The smallest absolute Gasteiger partial charge is 0.428 e. The van der Waals surface area contributed by atoms with E-state index in [9.17, 15) is 44.7 Å². The van der Waals surface area contributed by atoms with Crippen LogP contribution in [-0.4, -0.2) is 41.7 Å². The summed E-state index contributed by atoms with van der Waals surface area (Å²) >= 11 is 5.91. The lowest BCUT2D eigenvalue weighted by molar-refractivity contribution is -0.253. The standard InChI is InChI=1S/C25H19ClF8N4O3/c26-15-6-7-18(36-12-15)23(11-13-4-2-1-3-5-13,38-22(40)37-19(20(35)39)24(30,31)32)14-8-16(27)10-17(9-14)41-25(33,34)21(28)29/h1-10,12,19,21H,11H2,(H2,35,39)(H2,37,38,40)/t19?,23-/m0/s1. The number of hydrogen-bond acceptors (Lipinski definition) is 4. The molecule has 4 N–H and O–H groups in total. The molecule has 0 saturated carbocycles. The maximum atomic E-state index is 14.8. The van der Waals surface area contributed by atoms with Crippen molar-refractivity contribution in [1.29, 1.82) is 0 Å². The van der Waals surface area contributed by atoms with Crippen LogP contribution in [0.25, 0.3) is 0 Å². The van der Waals surface area contributed by atoms with E-state index in [0.717, 1.165) is 6.20 Å². The first-order valence-electron chi connectivity index (χ1n) is 11.3. The molecule has 0 radical (unpaired) electrons. The number of benzene rings is 2. The number of aromatic nitrogens is 1. The Morgan fingerprint density at radius 1 is 1.00 bits per heavy atom. The number of carbonyl (C=O) groups excluding carboxylic acids is 2. The van der Waals surface area contributed by atoms with Gasteiger partial charge >= 0.3 is 24.7 Å². The van der Waals surface area contributed by atoms with Crippen molar-refractivity contribution in [2.75, 3.05) is 0 Å². The monoisotopic (exact) mass is 610 g/mol. The molecular weight excluding hydrogens is 592 g/mol. The van der Waals surface area contributed by atoms with Gasteiger partial charge in [0, 0.05) is 18.7 Å². The number of hydrogen-bond donors (Lipinski definition) is 3. The molecule has 0 aliphatic rings. The molecular formula is C25H19ClF8N4O3. The van der Waals surface area contributed by atoms with E-state index in [1.165, 1.54) is 29.6 Å². The number of urea groups is 1. The summed E-state index contributed by atoms with van der Waals surface area (Å²) in [6.45, 7) is 0. The third-order valence-corrected chi connectivity index (χ3v) is 5.79. The Labute approximate surface area is 231 Å². The highest BCUT2D eigenvalue weighted by molar-refractivity contribution is 6.30. The van der Waals surface area contributed by atoms with Crippen LogP contribution in [0.3, 0.4) is 0 Å². The lowest BCUT2D eigenvalue weighted by atomic mass is 9.80. The second-order valence-corrected chi connectivity index (χ2v) is 8.98. The van der Waals surface area contributed by atoms with Gasteiger partial charge in [0.05, 0.1) is 10.7 Å². The van der Waals surface area contributed by atoms with E-state index in [1.54, 1.807) is 18.2 Å². The van der Waals surface area contributed by atoms with Crippen LogP contribution < -0.4 is 21.1 Å². The van der Waals surface area contributed by atoms with Crippen molar-refractivity contribution in [2.45, 2.75) is 36.7 Å². The molecule has 2 atom stereocenters. The van der Waals surface area contributed by atoms with Crippen LogP contribution in [-0.2, 0) is 16.8 Å². The number of nitrogens with zero attached hydrogens (tertiary/aromatic N) is 1. The minimum absolute atomic E-state index is 0.0671. The van der Waals surface area contributed by atoms with E-state index in [4.69, 9.17) is 17.3 Å². The van der Waals surface area contributed by atoms with Gasteiger partial charge in [-0.15, -0.1) is 0 Å². The quantitative estimate of drug-likeness (QED) is 0.271. The first-order chi connectivity index (χ1) is 19.0. The Hall–Kier alpha value is -4.14. The average molecular weight is 611 g/mol. The van der Waals surface area contributed by atoms with Gasteiger partial charge in [0.15, 0.2) is 0 Å². The van der Waals surface area contributed by atoms with Gasteiger partial charge in [-0.05, 0) is 35.4 Å². The normalized spacial score (nSPS) is 14.2. The molecule has 1 aromatic heterocycles. The Kier molecular flexibility index (Phi) is 9.31. The highest BCUT2D eigenvalue weighted by atomic mass is 35.5. The summed E-state index contributed by atoms with van der Waals surface area (Å²) in [5.74, 6) is -4.37. The molecule has 16 heteroatoms. The Bertz CT molecular complexity index is 1380. The number of amides is 3. The van der Waals surface area contributed by atoms with E-state index >= 15 is 0 Å². The molecule has 3 rings (SSSR count). The average Bonchev–Trinajstić information content (AvgIpc) is 2.86. The van der Waals surface area contributed by atoms with E-state index < -0.39 is 65.8 Å². The summed E-state index contributed by atoms with van der Waals surface area (Å²) in [6, 6.07) is 7.07. The van der Waals surface area contributed by atoms with Crippen molar-refractivity contribution in [2.24, 2.45) is 5.73 Å². The number of ether oxygens (including phenoxy) is 1. The molecule has 0 spiro atoms. The van der Waals surface area contributed by atoms with E-state index in [2.05, 4.69) is 15.0 Å². The van der Waals surface area contributed by atoms with Crippen molar-refractivity contribution >= 4 is 23.5 Å². The topological polar surface area (TPSA) is 106 Å². The largest absolute Gasteiger partial charge is 0.461 e. The first-order valence-corrected chi connectivity index (χ1v) is 11.7. The Morgan fingerprint density at radius 2 is 1.66 bits per heavy atom. The van der Waals surface area contributed by atoms with Gasteiger partial charge in [-0.25, -0.2) is 9.18 Å². The number of nitrogens with one attached hydrogen (secondary N) is 2. The molecule has 0 aliphatic carbocycles. The van der Waals surface area contributed by atoms with Crippen molar-refractivity contribution in [3.05, 3.63) is 94.5 Å². The molecule has 3 aromatic rings. The van der Waals surface area contributed by atoms with Gasteiger partial charge in [-0.3, -0.25) is 9.78 Å². The maximum absolute atomic E-state index is 14.8. The molecule has 7 nitrogen and oxygen atoms in total. The molecule has 0 fully saturated rings. The van der Waals surface area contributed by atoms with E-state index in [1.807, 2.05) is 0 Å². The van der Waals surface area contributed by atoms with Gasteiger partial charge in [0.25, 0.3) is 0 Å². The van der Waals surface area contributed by atoms with Gasteiger partial charge in [-0.1, -0.05) is 41.9 Å². The molecule has 1 unspecified atom stereocenters. The molecule has 2 aromatic carbocycles. The van der Waals surface area contributed by atoms with Gasteiger partial charge in [-0.2, -0.15) is 30.7 Å². The summed E-state index contributed by atoms with van der Waals surface area (Å²) in [6.07, 6.45) is -14.0. The van der Waals surface area contributed by atoms with Crippen molar-refractivity contribution in [3.63, 3.8) is 0 Å². The third kappa shape index (κ3) is 7.74. The van der Waals surface area contributed by atoms with Gasteiger partial charge in [0.1, 0.15) is 17.1 Å². The second-order valence-electron chi connectivity index (χ2n) is 8.54. The number of rotatable bonds is 10. The van der Waals surface area contributed by atoms with Crippen LogP contribution in [0.15, 0.2) is 66.9 Å². The molecule has 0 bridgehead atoms. The SMILES string of the molecule is NC(=O)C(NC(=O)N[C@@](Cc1ccccc1)(c1cc(F)cc(OC(F)(F)C(F)F)c1)c1ccc(Cl)cn1)C(F)(F)F. The highest BCUT2D eigenvalue weighted by Gasteiger charge is 2.47. The third-order valence-electron chi connectivity index (χ3n) is 5.56. The Balaban J connectivity index is 2.25. The van der Waals surface area contributed by atoms with Crippen LogP contribution in [0.5, 0.6) is 5.75 Å². The zero-order chi connectivity index (χ0) is 30.6. The lowest BCUT2D eigenvalue weighted by Gasteiger charge is -2.36. The Morgan fingerprint density at radius 3 is 2.20 bits per heavy atom. The van der Waals surface area contributed by atoms with Crippen molar-refractivity contribution in [3.8, 4) is 5.75 Å². The van der Waals surface area contributed by atoms with Crippen LogP contribution in [0.2, 0.25) is 5.02 Å². The fraction of sp³-hybridized carbons (Fsp3) is 0.240. The number of primary amides is 1. The minimum atomic E-state index is -5.31. The predicted molar refractivity (Wildman–Crippen MR) is 129 cm³/mol. The van der Waals surface area contributed by atoms with Crippen LogP contribution in [0.4, 0.5) is 39.9 Å². The number of halogens is 9. The summed E-state index contributed by atoms with van der Waals surface area (Å²) < 4.78 is 112. The van der Waals surface area contributed by atoms with Crippen LogP contribution in [0.1, 0.15) is 16.8 Å². The number of nitrogens with two attached hydrogens (primary N) is 1. The fourth-order valence-electron chi connectivity index (χ4n) is 3.80. The molecule has 1 heterocycles. The molecule has 41 heavy (non-hydrogen) atoms. The second kappa shape index (κ2) is 12.2. The first kappa shape index (κ1) is 31.4. The molecule has 0 aliphatic heterocycles. The van der Waals surface area contributed by atoms with Crippen LogP contribution in [0, 0.1) is 5.82 Å². The van der Waals surface area contributed by atoms with E-state index in [-0.39, 0.29) is 10.7 Å². The zero-order valence-corrected chi connectivity index (χ0v) is 21.1. The number of carbonyl (C=O) groups is 2. The highest BCUT2D eigenvalue weighted by Crippen LogP contribution is 2.37. The molecule has 0 saturated heterocycles. The fourth-order valence-corrected chi connectivity index (χ4v) is 3.91. The lowest BCUT2D eigenvalue weighted by Crippen LogP contribution is -2.60. The number of pyridine rings is 1. The molecule has 3 amide bonds. The van der Waals surface area contributed by atoms with E-state index in [0.29, 0.717) is 23.8 Å². The summed E-state index contributed by atoms with van der Waals surface area (Å²) in [4.78, 5) is 28.5. The molecule has 220 valence electrons. The number of alkyl halides is 7. The van der Waals surface area contributed by atoms with Gasteiger partial charge < -0.3 is 21.1 Å². The minimum Gasteiger partial charge on any atom is -0.428 e. The summed E-state index contributed by atoms with van der Waals surface area (Å²) in [5, 5.41) is 3.66. The van der Waals surface area contributed by atoms with Crippen molar-refractivity contribution in [1.82, 2.24) is 15.6 Å². The van der Waals surface area contributed by atoms with Crippen molar-refractivity contribution < 1.29 is 49.4 Å². The van der Waals surface area contributed by atoms with Gasteiger partial charge in [0.2, 0.25) is 11.9 Å².